The molecule has 22 heavy (non-hydrogen) atoms. The van der Waals surface area contributed by atoms with Gasteiger partial charge in [-0.15, -0.1) is 10.2 Å². The van der Waals surface area contributed by atoms with E-state index in [0.29, 0.717) is 12.4 Å². The van der Waals surface area contributed by atoms with E-state index in [2.05, 4.69) is 26.0 Å². The Hall–Kier alpha value is -2.77. The van der Waals surface area contributed by atoms with Crippen LogP contribution in [0.5, 0.6) is 0 Å². The molecule has 0 saturated carbocycles. The van der Waals surface area contributed by atoms with Crippen molar-refractivity contribution in [3.05, 3.63) is 29.8 Å². The van der Waals surface area contributed by atoms with Gasteiger partial charge in [0.1, 0.15) is 6.54 Å². The first-order valence-corrected chi connectivity index (χ1v) is 6.97. The Bertz CT molecular complexity index is 667. The van der Waals surface area contributed by atoms with Crippen molar-refractivity contribution in [3.8, 4) is 11.4 Å². The second kappa shape index (κ2) is 7.30. The first-order chi connectivity index (χ1) is 10.6. The molecule has 2 rings (SSSR count). The number of amides is 2. The highest BCUT2D eigenvalue weighted by Crippen LogP contribution is 2.17. The number of hydrogen-bond acceptors (Lipinski definition) is 5. The molecule has 0 atom stereocenters. The van der Waals surface area contributed by atoms with Crippen molar-refractivity contribution >= 4 is 11.8 Å². The van der Waals surface area contributed by atoms with Crippen molar-refractivity contribution in [2.75, 3.05) is 13.1 Å². The lowest BCUT2D eigenvalue weighted by atomic mass is 10.1. The molecule has 0 bridgehead atoms. The third-order valence-corrected chi connectivity index (χ3v) is 2.94. The minimum absolute atomic E-state index is 0.0635. The quantitative estimate of drug-likeness (QED) is 0.776. The maximum absolute atomic E-state index is 11.7. The highest BCUT2D eigenvalue weighted by atomic mass is 16.2. The van der Waals surface area contributed by atoms with Gasteiger partial charge < -0.3 is 10.6 Å². The van der Waals surface area contributed by atoms with Crippen molar-refractivity contribution in [2.45, 2.75) is 20.4 Å². The zero-order valence-electron chi connectivity index (χ0n) is 12.5. The van der Waals surface area contributed by atoms with Crippen LogP contribution < -0.4 is 10.6 Å². The molecule has 0 aliphatic heterocycles. The van der Waals surface area contributed by atoms with E-state index in [9.17, 15) is 9.59 Å². The molecule has 2 aromatic rings. The fourth-order valence-corrected chi connectivity index (χ4v) is 1.86. The van der Waals surface area contributed by atoms with Gasteiger partial charge in [0.05, 0.1) is 6.54 Å². The average Bonchev–Trinajstić information content (AvgIpc) is 2.94. The predicted octanol–water partition coefficient (Wildman–Crippen LogP) is -0.0992. The van der Waals surface area contributed by atoms with Crippen LogP contribution in [0.25, 0.3) is 11.4 Å². The van der Waals surface area contributed by atoms with Crippen molar-refractivity contribution in [3.63, 3.8) is 0 Å². The van der Waals surface area contributed by atoms with Gasteiger partial charge in [0.25, 0.3) is 0 Å². The summed E-state index contributed by atoms with van der Waals surface area (Å²) in [7, 11) is 0. The van der Waals surface area contributed by atoms with Crippen molar-refractivity contribution in [1.29, 1.82) is 0 Å². The van der Waals surface area contributed by atoms with Crippen LogP contribution in [0, 0.1) is 6.92 Å². The molecule has 2 amide bonds. The van der Waals surface area contributed by atoms with Crippen LogP contribution in [0.3, 0.4) is 0 Å². The number of likely N-dealkylation sites (N-methyl/N-ethyl adjacent to an activating group) is 1. The summed E-state index contributed by atoms with van der Waals surface area (Å²) in [6, 6.07) is 7.67. The van der Waals surface area contributed by atoms with Gasteiger partial charge in [0.2, 0.25) is 17.6 Å². The molecular formula is C14H18N6O2. The third kappa shape index (κ3) is 4.11. The molecule has 0 radical (unpaired) electrons. The standard InChI is InChI=1S/C14H18N6O2/c1-3-15-12(21)8-16-13(22)9-20-18-14(17-19-20)11-7-5-4-6-10(11)2/h4-7H,3,8-9H2,1-2H3,(H,15,21)(H,16,22). The molecule has 2 N–H and O–H groups in total. The summed E-state index contributed by atoms with van der Waals surface area (Å²) < 4.78 is 0. The molecule has 1 aromatic carbocycles. The highest BCUT2D eigenvalue weighted by Gasteiger charge is 2.11. The lowest BCUT2D eigenvalue weighted by molar-refractivity contribution is -0.126. The molecule has 0 unspecified atom stereocenters. The van der Waals surface area contributed by atoms with Gasteiger partial charge in [0.15, 0.2) is 0 Å². The van der Waals surface area contributed by atoms with Gasteiger partial charge in [0, 0.05) is 12.1 Å². The minimum Gasteiger partial charge on any atom is -0.355 e. The minimum atomic E-state index is -0.347. The summed E-state index contributed by atoms with van der Waals surface area (Å²) in [6.45, 7) is 4.14. The van der Waals surface area contributed by atoms with Gasteiger partial charge in [-0.05, 0) is 24.6 Å². The van der Waals surface area contributed by atoms with Crippen LogP contribution in [-0.2, 0) is 16.1 Å². The number of nitrogens with one attached hydrogen (secondary N) is 2. The third-order valence-electron chi connectivity index (χ3n) is 2.94. The summed E-state index contributed by atoms with van der Waals surface area (Å²) >= 11 is 0. The molecule has 8 heteroatoms. The summed E-state index contributed by atoms with van der Waals surface area (Å²) in [6.07, 6.45) is 0. The van der Waals surface area contributed by atoms with Crippen molar-refractivity contribution < 1.29 is 9.59 Å². The van der Waals surface area contributed by atoms with Gasteiger partial charge in [-0.2, -0.15) is 4.80 Å². The van der Waals surface area contributed by atoms with Gasteiger partial charge in [-0.25, -0.2) is 0 Å². The SMILES string of the molecule is CCNC(=O)CNC(=O)Cn1nnc(-c2ccccc2C)n1. The van der Waals surface area contributed by atoms with Crippen LogP contribution in [0.15, 0.2) is 24.3 Å². The summed E-state index contributed by atoms with van der Waals surface area (Å²) in [4.78, 5) is 24.2. The number of aryl methyl sites for hydroxylation is 1. The van der Waals surface area contributed by atoms with Crippen LogP contribution in [0.1, 0.15) is 12.5 Å². The second-order valence-electron chi connectivity index (χ2n) is 4.69. The van der Waals surface area contributed by atoms with E-state index >= 15 is 0 Å². The molecule has 0 saturated heterocycles. The van der Waals surface area contributed by atoms with E-state index in [1.54, 1.807) is 0 Å². The number of tetrazole rings is 1. The van der Waals surface area contributed by atoms with E-state index in [1.807, 2.05) is 38.1 Å². The maximum atomic E-state index is 11.7. The summed E-state index contributed by atoms with van der Waals surface area (Å²) in [5.74, 6) is -0.113. The Morgan fingerprint density at radius 3 is 2.68 bits per heavy atom. The first-order valence-electron chi connectivity index (χ1n) is 6.97. The number of rotatable bonds is 6. The lowest BCUT2D eigenvalue weighted by Gasteiger charge is -2.04. The first kappa shape index (κ1) is 15.6. The van der Waals surface area contributed by atoms with Gasteiger partial charge in [-0.3, -0.25) is 9.59 Å². The van der Waals surface area contributed by atoms with E-state index in [1.165, 1.54) is 4.80 Å². The molecule has 116 valence electrons. The van der Waals surface area contributed by atoms with E-state index in [4.69, 9.17) is 0 Å². The van der Waals surface area contributed by atoms with Gasteiger partial charge >= 0.3 is 0 Å². The highest BCUT2D eigenvalue weighted by molar-refractivity contribution is 5.84. The Kier molecular flexibility index (Phi) is 5.18. The normalized spacial score (nSPS) is 10.3. The molecule has 0 aliphatic carbocycles. The molecule has 8 nitrogen and oxygen atoms in total. The number of carbonyl (C=O) groups is 2. The zero-order valence-corrected chi connectivity index (χ0v) is 12.5. The second-order valence-corrected chi connectivity index (χ2v) is 4.69. The fourth-order valence-electron chi connectivity index (χ4n) is 1.86. The Balaban J connectivity index is 1.94. The molecule has 0 fully saturated rings. The Labute approximate surface area is 127 Å². The molecule has 1 aromatic heterocycles. The summed E-state index contributed by atoms with van der Waals surface area (Å²) in [5, 5.41) is 17.1. The number of hydrogen-bond donors (Lipinski definition) is 2. The molecule has 1 heterocycles. The Morgan fingerprint density at radius 1 is 1.18 bits per heavy atom. The van der Waals surface area contributed by atoms with Crippen molar-refractivity contribution in [1.82, 2.24) is 30.8 Å². The van der Waals surface area contributed by atoms with E-state index in [0.717, 1.165) is 11.1 Å². The number of benzene rings is 1. The van der Waals surface area contributed by atoms with Crippen LogP contribution in [-0.4, -0.2) is 45.1 Å². The van der Waals surface area contributed by atoms with Crippen LogP contribution in [0.2, 0.25) is 0 Å². The topological polar surface area (TPSA) is 102 Å². The van der Waals surface area contributed by atoms with E-state index < -0.39 is 0 Å². The molecule has 0 spiro atoms. The molecule has 0 aliphatic rings. The zero-order chi connectivity index (χ0) is 15.9. The largest absolute Gasteiger partial charge is 0.355 e. The predicted molar refractivity (Wildman–Crippen MR) is 79.7 cm³/mol. The van der Waals surface area contributed by atoms with Crippen LogP contribution in [0.4, 0.5) is 0 Å². The number of carbonyl (C=O) groups excluding carboxylic acids is 2. The van der Waals surface area contributed by atoms with Crippen molar-refractivity contribution in [2.24, 2.45) is 0 Å². The average molecular weight is 302 g/mol. The monoisotopic (exact) mass is 302 g/mol. The smallest absolute Gasteiger partial charge is 0.244 e. The fraction of sp³-hybridized carbons (Fsp3) is 0.357. The summed E-state index contributed by atoms with van der Waals surface area (Å²) in [5.41, 5.74) is 1.90. The Morgan fingerprint density at radius 2 is 1.95 bits per heavy atom. The van der Waals surface area contributed by atoms with Crippen LogP contribution >= 0.6 is 0 Å². The number of aromatic nitrogens is 4. The van der Waals surface area contributed by atoms with E-state index in [-0.39, 0.29) is 24.9 Å². The maximum Gasteiger partial charge on any atom is 0.244 e. The number of nitrogens with zero attached hydrogens (tertiary/aromatic N) is 4. The molecular weight excluding hydrogens is 284 g/mol. The lowest BCUT2D eigenvalue weighted by Crippen LogP contribution is -2.38. The van der Waals surface area contributed by atoms with Gasteiger partial charge in [-0.1, -0.05) is 24.3 Å².